The smallest absolute Gasteiger partial charge is 0.247 e. The second kappa shape index (κ2) is 5.59. The molecule has 5 aliphatic rings. The predicted molar refractivity (Wildman–Crippen MR) is 97.5 cm³/mol. The Morgan fingerprint density at radius 3 is 2.08 bits per heavy atom. The van der Waals surface area contributed by atoms with Crippen LogP contribution in [0, 0.1) is 22.2 Å². The Kier molecular flexibility index (Phi) is 3.82. The average Bonchev–Trinajstić information content (AvgIpc) is 2.49. The number of rotatable bonds is 3. The van der Waals surface area contributed by atoms with Gasteiger partial charge in [0.05, 0.1) is 0 Å². The van der Waals surface area contributed by atoms with Crippen molar-refractivity contribution in [1.82, 2.24) is 4.90 Å². The molecule has 0 spiro atoms. The van der Waals surface area contributed by atoms with Crippen molar-refractivity contribution in [2.75, 3.05) is 13.1 Å². The first-order valence-electron chi connectivity index (χ1n) is 10.0. The Morgan fingerprint density at radius 1 is 0.960 bits per heavy atom. The Labute approximate surface area is 151 Å². The van der Waals surface area contributed by atoms with Gasteiger partial charge in [-0.2, -0.15) is 0 Å². The van der Waals surface area contributed by atoms with Crippen LogP contribution in [0.2, 0.25) is 0 Å². The first-order chi connectivity index (χ1) is 11.7. The lowest BCUT2D eigenvalue weighted by molar-refractivity contribution is -0.139. The van der Waals surface area contributed by atoms with E-state index in [9.17, 15) is 9.59 Å². The van der Waals surface area contributed by atoms with Gasteiger partial charge in [-0.15, -0.1) is 0 Å². The maximum absolute atomic E-state index is 12.8. The van der Waals surface area contributed by atoms with Gasteiger partial charge in [-0.1, -0.05) is 13.8 Å². The summed E-state index contributed by atoms with van der Waals surface area (Å²) < 4.78 is 0. The summed E-state index contributed by atoms with van der Waals surface area (Å²) in [7, 11) is 0. The van der Waals surface area contributed by atoms with Gasteiger partial charge in [0.2, 0.25) is 11.8 Å². The minimum atomic E-state index is -0.375. The van der Waals surface area contributed by atoms with Gasteiger partial charge in [-0.3, -0.25) is 9.59 Å². The summed E-state index contributed by atoms with van der Waals surface area (Å²) in [6, 6.07) is 0. The lowest BCUT2D eigenvalue weighted by atomic mass is 9.39. The molecule has 1 heterocycles. The molecule has 25 heavy (non-hydrogen) atoms. The maximum atomic E-state index is 12.8. The Balaban J connectivity index is 1.68. The van der Waals surface area contributed by atoms with E-state index in [4.69, 9.17) is 5.73 Å². The number of piperidine rings is 1. The highest BCUT2D eigenvalue weighted by Gasteiger charge is 2.61. The fourth-order valence-corrected chi connectivity index (χ4v) is 7.56. The number of amides is 2. The summed E-state index contributed by atoms with van der Waals surface area (Å²) in [5.41, 5.74) is 6.91. The number of primary amides is 1. The molecule has 2 amide bonds. The third-order valence-electron chi connectivity index (χ3n) is 7.40. The summed E-state index contributed by atoms with van der Waals surface area (Å²) in [6.07, 6.45) is 11.8. The van der Waals surface area contributed by atoms with E-state index >= 15 is 0 Å². The van der Waals surface area contributed by atoms with E-state index in [0.29, 0.717) is 22.3 Å². The molecule has 4 nitrogen and oxygen atoms in total. The van der Waals surface area contributed by atoms with Gasteiger partial charge in [0, 0.05) is 30.2 Å². The first-order valence-corrected chi connectivity index (χ1v) is 10.0. The van der Waals surface area contributed by atoms with Gasteiger partial charge in [-0.25, -0.2) is 0 Å². The van der Waals surface area contributed by atoms with Gasteiger partial charge in [0.25, 0.3) is 0 Å². The van der Waals surface area contributed by atoms with E-state index in [1.54, 1.807) is 6.08 Å². The first kappa shape index (κ1) is 17.1. The third kappa shape index (κ3) is 2.92. The summed E-state index contributed by atoms with van der Waals surface area (Å²) in [5, 5.41) is 0. The number of nitrogens with two attached hydrogens (primary N) is 1. The molecule has 5 rings (SSSR count). The molecule has 2 unspecified atom stereocenters. The number of nitrogens with zero attached hydrogens (tertiary/aromatic N) is 1. The van der Waals surface area contributed by atoms with Gasteiger partial charge >= 0.3 is 0 Å². The van der Waals surface area contributed by atoms with Crippen molar-refractivity contribution in [2.45, 2.75) is 71.6 Å². The molecule has 5 fully saturated rings. The van der Waals surface area contributed by atoms with Crippen molar-refractivity contribution in [3.8, 4) is 0 Å². The van der Waals surface area contributed by atoms with E-state index in [-0.39, 0.29) is 17.2 Å². The monoisotopic (exact) mass is 344 g/mol. The number of hydrogen-bond donors (Lipinski definition) is 1. The van der Waals surface area contributed by atoms with E-state index in [0.717, 1.165) is 45.2 Å². The van der Waals surface area contributed by atoms with E-state index < -0.39 is 0 Å². The molecule has 4 saturated carbocycles. The highest BCUT2D eigenvalue weighted by Crippen LogP contribution is 2.71. The quantitative estimate of drug-likeness (QED) is 0.798. The average molecular weight is 344 g/mol. The van der Waals surface area contributed by atoms with Gasteiger partial charge in [0.15, 0.2) is 0 Å². The predicted octanol–water partition coefficient (Wildman–Crippen LogP) is 3.41. The van der Waals surface area contributed by atoms with Crippen LogP contribution in [0.15, 0.2) is 11.6 Å². The van der Waals surface area contributed by atoms with Gasteiger partial charge in [0.1, 0.15) is 0 Å². The fourth-order valence-electron chi connectivity index (χ4n) is 7.56. The van der Waals surface area contributed by atoms with Crippen LogP contribution in [0.4, 0.5) is 0 Å². The molecule has 4 atom stereocenters. The zero-order chi connectivity index (χ0) is 17.9. The standard InChI is InChI=1S/C21H32N2O2/c1-19-9-15-10-20(2,12-19)14-21(11-15,13-19)16(18(22)25)8-17(24)23-6-4-3-5-7-23/h8,15H,3-7,9-14H2,1-2H3,(H2,22,25)/t15?,19-,20+,21?. The second-order valence-electron chi connectivity index (χ2n) is 10.2. The SMILES string of the molecule is C[C@]12CC3CC(C(=CC(=O)N4CCCCC4)C(N)=O)(C1)C[C@@](C)(C3)C2. The van der Waals surface area contributed by atoms with E-state index in [2.05, 4.69) is 13.8 Å². The molecule has 2 N–H and O–H groups in total. The maximum Gasteiger partial charge on any atom is 0.247 e. The molecule has 0 aromatic carbocycles. The zero-order valence-corrected chi connectivity index (χ0v) is 15.8. The molecule has 0 radical (unpaired) electrons. The number of carbonyl (C=O) groups is 2. The van der Waals surface area contributed by atoms with E-state index in [1.807, 2.05) is 4.90 Å². The van der Waals surface area contributed by atoms with Crippen molar-refractivity contribution in [3.63, 3.8) is 0 Å². The molecule has 4 aliphatic carbocycles. The van der Waals surface area contributed by atoms with Gasteiger partial charge < -0.3 is 10.6 Å². The van der Waals surface area contributed by atoms with Crippen LogP contribution in [-0.4, -0.2) is 29.8 Å². The highest BCUT2D eigenvalue weighted by molar-refractivity contribution is 6.01. The van der Waals surface area contributed by atoms with Crippen LogP contribution < -0.4 is 5.73 Å². The van der Waals surface area contributed by atoms with Gasteiger partial charge in [-0.05, 0) is 74.5 Å². The number of carbonyl (C=O) groups excluding carboxylic acids is 2. The van der Waals surface area contributed by atoms with Crippen molar-refractivity contribution >= 4 is 11.8 Å². The Bertz CT molecular complexity index is 614. The molecule has 4 heteroatoms. The topological polar surface area (TPSA) is 63.4 Å². The molecular weight excluding hydrogens is 312 g/mol. The summed E-state index contributed by atoms with van der Waals surface area (Å²) in [5.74, 6) is 0.304. The number of likely N-dealkylation sites (tertiary alicyclic amines) is 1. The summed E-state index contributed by atoms with van der Waals surface area (Å²) in [6.45, 7) is 6.39. The normalized spacial score (nSPS) is 43.4. The molecular formula is C21H32N2O2. The Hall–Kier alpha value is -1.32. The summed E-state index contributed by atoms with van der Waals surface area (Å²) in [4.78, 5) is 27.1. The van der Waals surface area contributed by atoms with Crippen molar-refractivity contribution in [2.24, 2.45) is 27.9 Å². The fraction of sp³-hybridized carbons (Fsp3) is 0.810. The van der Waals surface area contributed by atoms with Crippen molar-refractivity contribution < 1.29 is 9.59 Å². The minimum absolute atomic E-state index is 0.000415. The lowest BCUT2D eigenvalue weighted by Crippen LogP contribution is -2.56. The summed E-state index contributed by atoms with van der Waals surface area (Å²) >= 11 is 0. The zero-order valence-electron chi connectivity index (χ0n) is 15.8. The lowest BCUT2D eigenvalue weighted by Gasteiger charge is -2.65. The highest BCUT2D eigenvalue weighted by atomic mass is 16.2. The molecule has 1 saturated heterocycles. The molecule has 4 bridgehead atoms. The van der Waals surface area contributed by atoms with Crippen LogP contribution >= 0.6 is 0 Å². The van der Waals surface area contributed by atoms with Crippen LogP contribution in [0.5, 0.6) is 0 Å². The van der Waals surface area contributed by atoms with Crippen molar-refractivity contribution in [1.29, 1.82) is 0 Å². The van der Waals surface area contributed by atoms with Crippen LogP contribution in [-0.2, 0) is 9.59 Å². The molecule has 138 valence electrons. The third-order valence-corrected chi connectivity index (χ3v) is 7.40. The van der Waals surface area contributed by atoms with Crippen LogP contribution in [0.25, 0.3) is 0 Å². The Morgan fingerprint density at radius 2 is 1.56 bits per heavy atom. The second-order valence-corrected chi connectivity index (χ2v) is 10.2. The minimum Gasteiger partial charge on any atom is -0.366 e. The van der Waals surface area contributed by atoms with E-state index in [1.165, 1.54) is 25.7 Å². The largest absolute Gasteiger partial charge is 0.366 e. The number of hydrogen-bond acceptors (Lipinski definition) is 2. The van der Waals surface area contributed by atoms with Crippen LogP contribution in [0.3, 0.4) is 0 Å². The van der Waals surface area contributed by atoms with Crippen molar-refractivity contribution in [3.05, 3.63) is 11.6 Å². The molecule has 0 aromatic rings. The molecule has 0 aromatic heterocycles. The molecule has 1 aliphatic heterocycles. The van der Waals surface area contributed by atoms with Crippen LogP contribution in [0.1, 0.15) is 71.6 Å².